The van der Waals surface area contributed by atoms with Gasteiger partial charge >= 0.3 is 0 Å². The van der Waals surface area contributed by atoms with Crippen LogP contribution in [-0.4, -0.2) is 47.4 Å². The van der Waals surface area contributed by atoms with Gasteiger partial charge in [0.25, 0.3) is 0 Å². The highest BCUT2D eigenvalue weighted by Crippen LogP contribution is 2.56. The Balaban J connectivity index is 1.08. The minimum Gasteiger partial charge on any atom is -0.350 e. The molecule has 1 aliphatic heterocycles. The molecule has 6 aliphatic rings. The van der Waals surface area contributed by atoms with Gasteiger partial charge in [-0.05, 0) is 108 Å². The third-order valence-electron chi connectivity index (χ3n) is 8.84. The molecule has 0 aromatic heterocycles. The molecule has 5 saturated carbocycles. The van der Waals surface area contributed by atoms with E-state index in [0.717, 1.165) is 56.5 Å². The smallest absolute Gasteiger partial charge is 0.234 e. The van der Waals surface area contributed by atoms with Crippen LogP contribution in [0.1, 0.15) is 85.0 Å². The Morgan fingerprint density at radius 2 is 1.47 bits per heavy atom. The molecule has 30 heavy (non-hydrogen) atoms. The number of rotatable bonds is 4. The summed E-state index contributed by atoms with van der Waals surface area (Å²) in [6.45, 7) is 8.63. The molecule has 6 fully saturated rings. The molecule has 6 rings (SSSR count). The summed E-state index contributed by atoms with van der Waals surface area (Å²) in [5.74, 6) is 3.32. The van der Waals surface area contributed by atoms with Crippen LogP contribution in [-0.2, 0) is 9.59 Å². The second kappa shape index (κ2) is 7.21. The normalized spacial score (nSPS) is 37.8. The van der Waals surface area contributed by atoms with Gasteiger partial charge in [-0.25, -0.2) is 0 Å². The Labute approximate surface area is 182 Å². The lowest BCUT2D eigenvalue weighted by Crippen LogP contribution is -2.62. The number of nitrogens with zero attached hydrogens (tertiary/aromatic N) is 1. The zero-order valence-electron chi connectivity index (χ0n) is 19.3. The maximum atomic E-state index is 13.2. The molecule has 2 amide bonds. The van der Waals surface area contributed by atoms with Crippen molar-refractivity contribution in [1.82, 2.24) is 15.5 Å². The lowest BCUT2D eigenvalue weighted by Gasteiger charge is -2.57. The van der Waals surface area contributed by atoms with E-state index in [0.29, 0.717) is 17.9 Å². The van der Waals surface area contributed by atoms with Gasteiger partial charge in [-0.15, -0.1) is 0 Å². The van der Waals surface area contributed by atoms with E-state index >= 15 is 0 Å². The van der Waals surface area contributed by atoms with Crippen LogP contribution in [0.5, 0.6) is 0 Å². The van der Waals surface area contributed by atoms with Gasteiger partial charge in [-0.1, -0.05) is 0 Å². The second-order valence-electron chi connectivity index (χ2n) is 12.9. The van der Waals surface area contributed by atoms with E-state index in [4.69, 9.17) is 0 Å². The molecule has 0 radical (unpaired) electrons. The van der Waals surface area contributed by atoms with Crippen LogP contribution in [0.15, 0.2) is 0 Å². The van der Waals surface area contributed by atoms with Crippen molar-refractivity contribution in [2.45, 2.75) is 96.1 Å². The maximum Gasteiger partial charge on any atom is 0.234 e. The molecule has 0 atom stereocenters. The van der Waals surface area contributed by atoms with E-state index in [1.165, 1.54) is 38.5 Å². The van der Waals surface area contributed by atoms with Crippen molar-refractivity contribution in [2.75, 3.05) is 19.6 Å². The number of hydrogen-bond donors (Lipinski definition) is 2. The Hall–Kier alpha value is -1.10. The second-order valence-corrected chi connectivity index (χ2v) is 12.9. The van der Waals surface area contributed by atoms with Gasteiger partial charge in [0.2, 0.25) is 11.8 Å². The summed E-state index contributed by atoms with van der Waals surface area (Å²) in [4.78, 5) is 27.6. The first-order valence-electron chi connectivity index (χ1n) is 12.5. The fourth-order valence-electron chi connectivity index (χ4n) is 8.11. The fraction of sp³-hybridized carbons (Fsp3) is 0.920. The molecule has 5 heteroatoms. The first kappa shape index (κ1) is 20.8. The van der Waals surface area contributed by atoms with Crippen molar-refractivity contribution in [3.05, 3.63) is 0 Å². The summed E-state index contributed by atoms with van der Waals surface area (Å²) >= 11 is 0. The first-order chi connectivity index (χ1) is 14.1. The van der Waals surface area contributed by atoms with E-state index in [9.17, 15) is 9.59 Å². The van der Waals surface area contributed by atoms with Gasteiger partial charge in [-0.3, -0.25) is 14.5 Å². The van der Waals surface area contributed by atoms with Crippen molar-refractivity contribution >= 4 is 11.8 Å². The van der Waals surface area contributed by atoms with Crippen molar-refractivity contribution in [3.63, 3.8) is 0 Å². The van der Waals surface area contributed by atoms with E-state index < -0.39 is 0 Å². The summed E-state index contributed by atoms with van der Waals surface area (Å²) in [5.41, 5.74) is 0.343. The van der Waals surface area contributed by atoms with E-state index in [1.54, 1.807) is 0 Å². The van der Waals surface area contributed by atoms with E-state index in [2.05, 4.69) is 15.5 Å². The van der Waals surface area contributed by atoms with Crippen LogP contribution in [0.25, 0.3) is 0 Å². The molecule has 1 saturated heterocycles. The number of hydrogen-bond acceptors (Lipinski definition) is 3. The topological polar surface area (TPSA) is 61.4 Å². The maximum absolute atomic E-state index is 13.2. The molecule has 0 aromatic carbocycles. The van der Waals surface area contributed by atoms with Crippen LogP contribution in [0.4, 0.5) is 0 Å². The third-order valence-corrected chi connectivity index (χ3v) is 8.84. The Kier molecular flexibility index (Phi) is 5.00. The Morgan fingerprint density at radius 3 is 1.97 bits per heavy atom. The van der Waals surface area contributed by atoms with Gasteiger partial charge in [0, 0.05) is 30.1 Å². The molecule has 1 heterocycles. The predicted octanol–water partition coefficient (Wildman–Crippen LogP) is 3.48. The van der Waals surface area contributed by atoms with Crippen LogP contribution in [0.3, 0.4) is 0 Å². The summed E-state index contributed by atoms with van der Waals surface area (Å²) in [6, 6.07) is 0. The van der Waals surface area contributed by atoms with Gasteiger partial charge in [0.1, 0.15) is 0 Å². The molecule has 0 unspecified atom stereocenters. The predicted molar refractivity (Wildman–Crippen MR) is 118 cm³/mol. The Bertz CT molecular complexity index is 658. The molecule has 1 spiro atoms. The van der Waals surface area contributed by atoms with Crippen LogP contribution >= 0.6 is 0 Å². The standard InChI is InChI=1S/C25H41N3O2/c1-23(2,3)26-21(29)14-28-15-24(16-28)6-4-20(5-7-24)22(30)27-25-11-17-8-18(12-25)10-19(9-17)13-25/h17-20H,4-16H2,1-3H3,(H,26,29)(H,27,30). The minimum atomic E-state index is -0.165. The number of nitrogens with one attached hydrogen (secondary N) is 2. The number of carbonyl (C=O) groups is 2. The summed E-state index contributed by atoms with van der Waals surface area (Å²) in [7, 11) is 0. The van der Waals surface area contributed by atoms with E-state index in [1.807, 2.05) is 20.8 Å². The van der Waals surface area contributed by atoms with Gasteiger partial charge < -0.3 is 10.6 Å². The molecule has 168 valence electrons. The summed E-state index contributed by atoms with van der Waals surface area (Å²) < 4.78 is 0. The Morgan fingerprint density at radius 1 is 0.933 bits per heavy atom. The zero-order chi connectivity index (χ0) is 21.1. The zero-order valence-corrected chi connectivity index (χ0v) is 19.3. The van der Waals surface area contributed by atoms with Gasteiger partial charge in [-0.2, -0.15) is 0 Å². The summed E-state index contributed by atoms with van der Waals surface area (Å²) in [5, 5.41) is 6.67. The quantitative estimate of drug-likeness (QED) is 0.739. The monoisotopic (exact) mass is 415 g/mol. The molecule has 5 nitrogen and oxygen atoms in total. The van der Waals surface area contributed by atoms with Gasteiger partial charge in [0.05, 0.1) is 6.54 Å². The highest BCUT2D eigenvalue weighted by molar-refractivity contribution is 5.80. The minimum absolute atomic E-state index is 0.126. The van der Waals surface area contributed by atoms with Crippen molar-refractivity contribution < 1.29 is 9.59 Å². The van der Waals surface area contributed by atoms with Crippen molar-refractivity contribution in [1.29, 1.82) is 0 Å². The molecule has 4 bridgehead atoms. The number of likely N-dealkylation sites (tertiary alicyclic amines) is 1. The van der Waals surface area contributed by atoms with Crippen LogP contribution in [0, 0.1) is 29.1 Å². The molecule has 2 N–H and O–H groups in total. The van der Waals surface area contributed by atoms with E-state index in [-0.39, 0.29) is 22.9 Å². The van der Waals surface area contributed by atoms with Gasteiger partial charge in [0.15, 0.2) is 0 Å². The SMILES string of the molecule is CC(C)(C)NC(=O)CN1CC2(CCC(C(=O)NC34CC5CC(CC(C5)C3)C4)CC2)C1. The molecule has 0 aromatic rings. The first-order valence-corrected chi connectivity index (χ1v) is 12.5. The number of amides is 2. The van der Waals surface area contributed by atoms with Crippen LogP contribution < -0.4 is 10.6 Å². The average Bonchev–Trinajstić information content (AvgIpc) is 2.57. The van der Waals surface area contributed by atoms with Crippen LogP contribution in [0.2, 0.25) is 0 Å². The van der Waals surface area contributed by atoms with Crippen molar-refractivity contribution in [3.8, 4) is 0 Å². The third kappa shape index (κ3) is 4.16. The lowest BCUT2D eigenvalue weighted by molar-refractivity contribution is -0.135. The highest BCUT2D eigenvalue weighted by atomic mass is 16.2. The largest absolute Gasteiger partial charge is 0.350 e. The number of carbonyl (C=O) groups excluding carboxylic acids is 2. The lowest BCUT2D eigenvalue weighted by atomic mass is 9.53. The fourth-order valence-corrected chi connectivity index (χ4v) is 8.11. The molecular formula is C25H41N3O2. The average molecular weight is 416 g/mol. The molecule has 5 aliphatic carbocycles. The van der Waals surface area contributed by atoms with Crippen molar-refractivity contribution in [2.24, 2.45) is 29.1 Å². The summed E-state index contributed by atoms with van der Waals surface area (Å²) in [6.07, 6.45) is 12.3. The highest BCUT2D eigenvalue weighted by Gasteiger charge is 2.52. The molecular weight excluding hydrogens is 374 g/mol.